The third-order valence-electron chi connectivity index (χ3n) is 4.31. The number of rotatable bonds is 4. The molecule has 0 radical (unpaired) electrons. The molecule has 27 heavy (non-hydrogen) atoms. The number of halogens is 1. The molecule has 0 aliphatic rings. The lowest BCUT2D eigenvalue weighted by atomic mass is 10.2. The van der Waals surface area contributed by atoms with E-state index in [0.29, 0.717) is 11.1 Å². The van der Waals surface area contributed by atoms with Crippen molar-refractivity contribution in [1.82, 2.24) is 19.1 Å². The minimum atomic E-state index is -0.471. The maximum atomic E-state index is 13.6. The summed E-state index contributed by atoms with van der Waals surface area (Å²) in [5.74, 6) is -0.381. The monoisotopic (exact) mass is 362 g/mol. The van der Waals surface area contributed by atoms with Crippen molar-refractivity contribution in [1.29, 1.82) is 0 Å². The van der Waals surface area contributed by atoms with Crippen molar-refractivity contribution in [2.24, 2.45) is 0 Å². The molecule has 0 aliphatic carbocycles. The van der Waals surface area contributed by atoms with Crippen molar-refractivity contribution in [2.75, 3.05) is 0 Å². The van der Waals surface area contributed by atoms with E-state index < -0.39 is 11.2 Å². The normalized spacial score (nSPS) is 11.0. The fourth-order valence-corrected chi connectivity index (χ4v) is 3.02. The predicted molar refractivity (Wildman–Crippen MR) is 99.1 cm³/mol. The molecule has 0 unspecified atom stereocenters. The van der Waals surface area contributed by atoms with Crippen LogP contribution in [-0.4, -0.2) is 19.1 Å². The highest BCUT2D eigenvalue weighted by Crippen LogP contribution is 2.10. The molecule has 0 amide bonds. The van der Waals surface area contributed by atoms with Crippen molar-refractivity contribution in [3.05, 3.63) is 105 Å². The molecule has 0 saturated carbocycles. The van der Waals surface area contributed by atoms with Gasteiger partial charge in [-0.3, -0.25) is 18.9 Å². The first-order valence-corrected chi connectivity index (χ1v) is 8.35. The van der Waals surface area contributed by atoms with Gasteiger partial charge in [0.2, 0.25) is 0 Å². The summed E-state index contributed by atoms with van der Waals surface area (Å²) in [5.41, 5.74) is 1.09. The Balaban J connectivity index is 1.92. The Hall–Kier alpha value is -3.61. The van der Waals surface area contributed by atoms with Crippen LogP contribution < -0.4 is 11.2 Å². The maximum absolute atomic E-state index is 13.6. The van der Waals surface area contributed by atoms with E-state index in [-0.39, 0.29) is 24.4 Å². The predicted octanol–water partition coefficient (Wildman–Crippen LogP) is 2.19. The van der Waals surface area contributed by atoms with Crippen molar-refractivity contribution in [3.63, 3.8) is 0 Å². The standard InChI is InChI=1S/C20H15FN4O2/c21-16-4-1-3-15(11-16)13-24-17-5-2-8-23-18(17)19(26)25(20(24)27)12-14-6-9-22-10-7-14/h1-11H,12-13H2. The summed E-state index contributed by atoms with van der Waals surface area (Å²) in [6.07, 6.45) is 4.72. The number of hydrogen-bond acceptors (Lipinski definition) is 4. The number of benzene rings is 1. The molecule has 7 heteroatoms. The Bertz CT molecular complexity index is 1230. The smallest absolute Gasteiger partial charge is 0.287 e. The van der Waals surface area contributed by atoms with E-state index in [0.717, 1.165) is 10.1 Å². The molecule has 4 aromatic rings. The molecule has 3 heterocycles. The molecule has 0 bridgehead atoms. The summed E-state index contributed by atoms with van der Waals surface area (Å²) >= 11 is 0. The van der Waals surface area contributed by atoms with Gasteiger partial charge in [0.1, 0.15) is 5.82 Å². The van der Waals surface area contributed by atoms with E-state index in [2.05, 4.69) is 9.97 Å². The van der Waals surface area contributed by atoms with Crippen LogP contribution in [0.4, 0.5) is 4.39 Å². The molecule has 1 aromatic carbocycles. The number of pyridine rings is 2. The van der Waals surface area contributed by atoms with Crippen LogP contribution in [0.1, 0.15) is 11.1 Å². The van der Waals surface area contributed by atoms with Crippen LogP contribution in [0.3, 0.4) is 0 Å². The summed E-state index contributed by atoms with van der Waals surface area (Å²) < 4.78 is 16.1. The van der Waals surface area contributed by atoms with Crippen LogP contribution >= 0.6 is 0 Å². The summed E-state index contributed by atoms with van der Waals surface area (Å²) in [5, 5.41) is 0. The second kappa shape index (κ2) is 6.95. The van der Waals surface area contributed by atoms with Gasteiger partial charge in [0.15, 0.2) is 5.52 Å². The molecule has 0 aliphatic heterocycles. The molecule has 0 atom stereocenters. The number of fused-ring (bicyclic) bond motifs is 1. The number of nitrogens with zero attached hydrogens (tertiary/aromatic N) is 4. The van der Waals surface area contributed by atoms with Gasteiger partial charge in [0, 0.05) is 18.6 Å². The van der Waals surface area contributed by atoms with Crippen LogP contribution in [0, 0.1) is 5.82 Å². The quantitative estimate of drug-likeness (QED) is 0.558. The summed E-state index contributed by atoms with van der Waals surface area (Å²) in [7, 11) is 0. The van der Waals surface area contributed by atoms with Crippen LogP contribution in [0.15, 0.2) is 76.7 Å². The third-order valence-corrected chi connectivity index (χ3v) is 4.31. The fraction of sp³-hybridized carbons (Fsp3) is 0.100. The van der Waals surface area contributed by atoms with Gasteiger partial charge < -0.3 is 0 Å². The van der Waals surface area contributed by atoms with Gasteiger partial charge in [-0.2, -0.15) is 0 Å². The van der Waals surface area contributed by atoms with E-state index in [4.69, 9.17) is 0 Å². The average molecular weight is 362 g/mol. The Morgan fingerprint density at radius 2 is 1.63 bits per heavy atom. The van der Waals surface area contributed by atoms with Gasteiger partial charge >= 0.3 is 5.69 Å². The second-order valence-electron chi connectivity index (χ2n) is 6.12. The SMILES string of the molecule is O=c1c2ncccc2n(Cc2cccc(F)c2)c(=O)n1Cc1ccncc1. The zero-order chi connectivity index (χ0) is 18.8. The molecule has 0 spiro atoms. The molecule has 134 valence electrons. The molecule has 0 saturated heterocycles. The molecule has 4 rings (SSSR count). The zero-order valence-corrected chi connectivity index (χ0v) is 14.2. The number of hydrogen-bond donors (Lipinski definition) is 0. The van der Waals surface area contributed by atoms with Gasteiger partial charge in [-0.1, -0.05) is 12.1 Å². The van der Waals surface area contributed by atoms with Crippen LogP contribution in [0.25, 0.3) is 11.0 Å². The molecule has 0 fully saturated rings. The van der Waals surface area contributed by atoms with Crippen LogP contribution in [-0.2, 0) is 13.1 Å². The topological polar surface area (TPSA) is 69.8 Å². The first-order chi connectivity index (χ1) is 13.1. The zero-order valence-electron chi connectivity index (χ0n) is 14.2. The van der Waals surface area contributed by atoms with Gasteiger partial charge in [-0.15, -0.1) is 0 Å². The molecule has 3 aromatic heterocycles. The lowest BCUT2D eigenvalue weighted by Gasteiger charge is -2.14. The van der Waals surface area contributed by atoms with Crippen molar-refractivity contribution >= 4 is 11.0 Å². The first kappa shape index (κ1) is 16.8. The summed E-state index contributed by atoms with van der Waals surface area (Å²) in [6, 6.07) is 12.8. The van der Waals surface area contributed by atoms with Crippen molar-refractivity contribution < 1.29 is 4.39 Å². The van der Waals surface area contributed by atoms with Gasteiger partial charge in [0.25, 0.3) is 5.56 Å². The summed E-state index contributed by atoms with van der Waals surface area (Å²) in [6.45, 7) is 0.241. The lowest BCUT2D eigenvalue weighted by Crippen LogP contribution is -2.40. The molecular formula is C20H15FN4O2. The molecule has 6 nitrogen and oxygen atoms in total. The van der Waals surface area contributed by atoms with E-state index in [1.165, 1.54) is 22.9 Å². The van der Waals surface area contributed by atoms with Crippen LogP contribution in [0.5, 0.6) is 0 Å². The Morgan fingerprint density at radius 3 is 2.41 bits per heavy atom. The molecule has 0 N–H and O–H groups in total. The van der Waals surface area contributed by atoms with Crippen LogP contribution in [0.2, 0.25) is 0 Å². The Morgan fingerprint density at radius 1 is 0.852 bits per heavy atom. The largest absolute Gasteiger partial charge is 0.332 e. The molecular weight excluding hydrogens is 347 g/mol. The Kier molecular flexibility index (Phi) is 4.33. The second-order valence-corrected chi connectivity index (χ2v) is 6.12. The summed E-state index contributed by atoms with van der Waals surface area (Å²) in [4.78, 5) is 34.0. The number of aromatic nitrogens is 4. The average Bonchev–Trinajstić information content (AvgIpc) is 2.69. The fourth-order valence-electron chi connectivity index (χ4n) is 3.02. The minimum Gasteiger partial charge on any atom is -0.287 e. The van der Waals surface area contributed by atoms with E-state index in [9.17, 15) is 14.0 Å². The van der Waals surface area contributed by atoms with Gasteiger partial charge in [0.05, 0.1) is 18.6 Å². The first-order valence-electron chi connectivity index (χ1n) is 8.35. The highest BCUT2D eigenvalue weighted by atomic mass is 19.1. The maximum Gasteiger partial charge on any atom is 0.332 e. The van der Waals surface area contributed by atoms with Gasteiger partial charge in [-0.25, -0.2) is 14.2 Å². The van der Waals surface area contributed by atoms with Crippen molar-refractivity contribution in [2.45, 2.75) is 13.1 Å². The highest BCUT2D eigenvalue weighted by Gasteiger charge is 2.14. The van der Waals surface area contributed by atoms with E-state index in [1.807, 2.05) is 0 Å². The minimum absolute atomic E-state index is 0.107. The Labute approximate surface area is 153 Å². The highest BCUT2D eigenvalue weighted by molar-refractivity contribution is 5.73. The lowest BCUT2D eigenvalue weighted by molar-refractivity contribution is 0.614. The third kappa shape index (κ3) is 3.27. The van der Waals surface area contributed by atoms with E-state index in [1.54, 1.807) is 48.8 Å². The van der Waals surface area contributed by atoms with E-state index >= 15 is 0 Å². The van der Waals surface area contributed by atoms with Gasteiger partial charge in [-0.05, 0) is 47.5 Å². The van der Waals surface area contributed by atoms with Crippen molar-refractivity contribution in [3.8, 4) is 0 Å².